The summed E-state index contributed by atoms with van der Waals surface area (Å²) in [6.07, 6.45) is 3.51. The number of fused-ring (bicyclic) bond motifs is 2. The lowest BCUT2D eigenvalue weighted by molar-refractivity contribution is -0.116. The van der Waals surface area contributed by atoms with Gasteiger partial charge in [-0.1, -0.05) is 24.3 Å². The van der Waals surface area contributed by atoms with Crippen LogP contribution in [0.2, 0.25) is 0 Å². The second kappa shape index (κ2) is 6.32. The molecule has 0 aliphatic rings. The van der Waals surface area contributed by atoms with Crippen molar-refractivity contribution in [3.05, 3.63) is 66.9 Å². The van der Waals surface area contributed by atoms with Crippen molar-refractivity contribution < 1.29 is 9.18 Å². The SMILES string of the molecule is O=C(CCn1cnc2ccccc21)Nc1cnc2c(F)cccc2c1. The van der Waals surface area contributed by atoms with Crippen molar-refractivity contribution in [1.82, 2.24) is 14.5 Å². The number of amides is 1. The number of halogens is 1. The molecule has 0 unspecified atom stereocenters. The van der Waals surface area contributed by atoms with Crippen LogP contribution in [0.3, 0.4) is 0 Å². The Morgan fingerprint density at radius 2 is 2.00 bits per heavy atom. The Morgan fingerprint density at radius 3 is 2.92 bits per heavy atom. The Labute approximate surface area is 143 Å². The van der Waals surface area contributed by atoms with Gasteiger partial charge in [0.1, 0.15) is 11.3 Å². The first-order valence-corrected chi connectivity index (χ1v) is 7.95. The van der Waals surface area contributed by atoms with Gasteiger partial charge in [0.15, 0.2) is 0 Å². The van der Waals surface area contributed by atoms with E-state index >= 15 is 0 Å². The van der Waals surface area contributed by atoms with Gasteiger partial charge in [-0.2, -0.15) is 0 Å². The summed E-state index contributed by atoms with van der Waals surface area (Å²) in [5.41, 5.74) is 2.76. The number of nitrogens with one attached hydrogen (secondary N) is 1. The molecule has 25 heavy (non-hydrogen) atoms. The molecule has 4 aromatic rings. The topological polar surface area (TPSA) is 59.8 Å². The first-order chi connectivity index (χ1) is 12.2. The maximum atomic E-state index is 13.6. The van der Waals surface area contributed by atoms with Crippen molar-refractivity contribution in [3.63, 3.8) is 0 Å². The molecular formula is C19H15FN4O. The van der Waals surface area contributed by atoms with Crippen molar-refractivity contribution in [2.45, 2.75) is 13.0 Å². The molecule has 2 aromatic carbocycles. The molecule has 2 aromatic heterocycles. The first-order valence-electron chi connectivity index (χ1n) is 7.95. The molecule has 0 saturated carbocycles. The molecule has 0 bridgehead atoms. The van der Waals surface area contributed by atoms with Gasteiger partial charge in [0.2, 0.25) is 5.91 Å². The molecule has 0 saturated heterocycles. The van der Waals surface area contributed by atoms with Crippen LogP contribution in [0.25, 0.3) is 21.9 Å². The molecule has 0 atom stereocenters. The Kier molecular flexibility index (Phi) is 3.85. The van der Waals surface area contributed by atoms with E-state index in [-0.39, 0.29) is 11.7 Å². The summed E-state index contributed by atoms with van der Waals surface area (Å²) in [6, 6.07) is 14.3. The molecule has 4 rings (SSSR count). The average molecular weight is 334 g/mol. The lowest BCUT2D eigenvalue weighted by Crippen LogP contribution is -2.14. The smallest absolute Gasteiger partial charge is 0.226 e. The predicted octanol–water partition coefficient (Wildman–Crippen LogP) is 3.75. The van der Waals surface area contributed by atoms with Gasteiger partial charge in [0.25, 0.3) is 0 Å². The van der Waals surface area contributed by atoms with E-state index in [0.29, 0.717) is 29.6 Å². The fourth-order valence-electron chi connectivity index (χ4n) is 2.83. The highest BCUT2D eigenvalue weighted by Gasteiger charge is 2.08. The summed E-state index contributed by atoms with van der Waals surface area (Å²) in [5.74, 6) is -0.502. The molecule has 0 aliphatic heterocycles. The molecule has 6 heteroatoms. The molecule has 0 spiro atoms. The van der Waals surface area contributed by atoms with Crippen LogP contribution in [-0.2, 0) is 11.3 Å². The highest BCUT2D eigenvalue weighted by molar-refractivity contribution is 5.93. The van der Waals surface area contributed by atoms with Crippen LogP contribution >= 0.6 is 0 Å². The number of aromatic nitrogens is 3. The maximum absolute atomic E-state index is 13.6. The average Bonchev–Trinajstić information content (AvgIpc) is 3.03. The monoisotopic (exact) mass is 334 g/mol. The number of hydrogen-bond donors (Lipinski definition) is 1. The second-order valence-corrected chi connectivity index (χ2v) is 5.76. The van der Waals surface area contributed by atoms with E-state index in [1.165, 1.54) is 12.3 Å². The third-order valence-electron chi connectivity index (χ3n) is 4.05. The quantitative estimate of drug-likeness (QED) is 0.618. The van der Waals surface area contributed by atoms with Gasteiger partial charge in [0, 0.05) is 18.4 Å². The van der Waals surface area contributed by atoms with Crippen LogP contribution in [-0.4, -0.2) is 20.4 Å². The fourth-order valence-corrected chi connectivity index (χ4v) is 2.83. The maximum Gasteiger partial charge on any atom is 0.226 e. The number of carbonyl (C=O) groups is 1. The number of rotatable bonds is 4. The van der Waals surface area contributed by atoms with Crippen LogP contribution in [0.5, 0.6) is 0 Å². The number of anilines is 1. The van der Waals surface area contributed by atoms with E-state index < -0.39 is 0 Å². The normalized spacial score (nSPS) is 11.1. The van der Waals surface area contributed by atoms with Crippen molar-refractivity contribution >= 4 is 33.5 Å². The van der Waals surface area contributed by atoms with Crippen LogP contribution in [0, 0.1) is 5.82 Å². The van der Waals surface area contributed by atoms with Crippen LogP contribution in [0.1, 0.15) is 6.42 Å². The molecule has 1 N–H and O–H groups in total. The summed E-state index contributed by atoms with van der Waals surface area (Å²) >= 11 is 0. The van der Waals surface area contributed by atoms with Crippen LogP contribution < -0.4 is 5.32 Å². The predicted molar refractivity (Wildman–Crippen MR) is 94.7 cm³/mol. The van der Waals surface area contributed by atoms with E-state index in [2.05, 4.69) is 15.3 Å². The number of carbonyl (C=O) groups excluding carboxylic acids is 1. The number of benzene rings is 2. The van der Waals surface area contributed by atoms with Crippen molar-refractivity contribution in [2.75, 3.05) is 5.32 Å². The molecule has 5 nitrogen and oxygen atoms in total. The lowest BCUT2D eigenvalue weighted by Gasteiger charge is -2.07. The number of para-hydroxylation sites is 3. The third-order valence-corrected chi connectivity index (χ3v) is 4.05. The largest absolute Gasteiger partial charge is 0.330 e. The zero-order valence-corrected chi connectivity index (χ0v) is 13.3. The minimum absolute atomic E-state index is 0.129. The van der Waals surface area contributed by atoms with Gasteiger partial charge in [-0.25, -0.2) is 9.37 Å². The highest BCUT2D eigenvalue weighted by atomic mass is 19.1. The zero-order valence-electron chi connectivity index (χ0n) is 13.3. The first kappa shape index (κ1) is 15.3. The molecule has 124 valence electrons. The Morgan fingerprint density at radius 1 is 1.12 bits per heavy atom. The van der Waals surface area contributed by atoms with Crippen LogP contribution in [0.15, 0.2) is 61.1 Å². The number of nitrogens with zero attached hydrogens (tertiary/aromatic N) is 3. The zero-order chi connectivity index (χ0) is 17.2. The molecule has 2 heterocycles. The van der Waals surface area contributed by atoms with E-state index in [0.717, 1.165) is 11.0 Å². The van der Waals surface area contributed by atoms with Crippen LogP contribution in [0.4, 0.5) is 10.1 Å². The number of aryl methyl sites for hydroxylation is 1. The van der Waals surface area contributed by atoms with E-state index in [1.807, 2.05) is 28.8 Å². The Hall–Kier alpha value is -3.28. The van der Waals surface area contributed by atoms with E-state index in [9.17, 15) is 9.18 Å². The van der Waals surface area contributed by atoms with Crippen molar-refractivity contribution in [1.29, 1.82) is 0 Å². The Bertz CT molecular complexity index is 1070. The Balaban J connectivity index is 1.45. The molecule has 0 radical (unpaired) electrons. The van der Waals surface area contributed by atoms with Crippen molar-refractivity contribution in [2.24, 2.45) is 0 Å². The van der Waals surface area contributed by atoms with Crippen molar-refractivity contribution in [3.8, 4) is 0 Å². The van der Waals surface area contributed by atoms with E-state index in [4.69, 9.17) is 0 Å². The van der Waals surface area contributed by atoms with Gasteiger partial charge in [-0.3, -0.25) is 9.78 Å². The number of pyridine rings is 1. The van der Waals surface area contributed by atoms with Gasteiger partial charge < -0.3 is 9.88 Å². The van der Waals surface area contributed by atoms with E-state index in [1.54, 1.807) is 24.5 Å². The summed E-state index contributed by atoms with van der Waals surface area (Å²) in [5, 5.41) is 3.46. The highest BCUT2D eigenvalue weighted by Crippen LogP contribution is 2.19. The summed E-state index contributed by atoms with van der Waals surface area (Å²) in [6.45, 7) is 0.530. The standard InChI is InChI=1S/C19H15FN4O/c20-15-5-3-4-13-10-14(11-21-19(13)15)23-18(25)8-9-24-12-22-16-6-1-2-7-17(16)24/h1-7,10-12H,8-9H2,(H,23,25). The second-order valence-electron chi connectivity index (χ2n) is 5.76. The fraction of sp³-hybridized carbons (Fsp3) is 0.105. The van der Waals surface area contributed by atoms with Gasteiger partial charge in [0.05, 0.1) is 29.2 Å². The summed E-state index contributed by atoms with van der Waals surface area (Å²) < 4.78 is 15.6. The summed E-state index contributed by atoms with van der Waals surface area (Å²) in [4.78, 5) is 20.6. The minimum Gasteiger partial charge on any atom is -0.330 e. The number of hydrogen-bond acceptors (Lipinski definition) is 3. The van der Waals surface area contributed by atoms with Gasteiger partial charge in [-0.05, 0) is 24.3 Å². The summed E-state index contributed by atoms with van der Waals surface area (Å²) in [7, 11) is 0. The van der Waals surface area contributed by atoms with Gasteiger partial charge in [-0.15, -0.1) is 0 Å². The molecule has 1 amide bonds. The molecular weight excluding hydrogens is 319 g/mol. The molecule has 0 aliphatic carbocycles. The third kappa shape index (κ3) is 3.06. The number of imidazole rings is 1. The lowest BCUT2D eigenvalue weighted by atomic mass is 10.2. The minimum atomic E-state index is -0.373. The van der Waals surface area contributed by atoms with Gasteiger partial charge >= 0.3 is 0 Å². The molecule has 0 fully saturated rings.